The Balaban J connectivity index is 2.17. The Bertz CT molecular complexity index is 424. The van der Waals surface area contributed by atoms with E-state index >= 15 is 0 Å². The standard InChI is InChI=1S/C10H13N3O3S/c14-9(13-5-3-1-2-4-6-13)8-7(10(15)16)11-12-17-8/h1-6H2,(H,15,16). The molecule has 6 nitrogen and oxygen atoms in total. The molecule has 1 fully saturated rings. The molecule has 0 bridgehead atoms. The van der Waals surface area contributed by atoms with Gasteiger partial charge in [-0.2, -0.15) is 0 Å². The molecule has 1 aliphatic heterocycles. The van der Waals surface area contributed by atoms with Gasteiger partial charge in [0.2, 0.25) is 0 Å². The fourth-order valence-electron chi connectivity index (χ4n) is 1.89. The van der Waals surface area contributed by atoms with Crippen molar-refractivity contribution in [2.75, 3.05) is 13.1 Å². The number of rotatable bonds is 2. The van der Waals surface area contributed by atoms with Crippen molar-refractivity contribution in [3.63, 3.8) is 0 Å². The molecule has 1 N–H and O–H groups in total. The molecule has 0 aliphatic carbocycles. The lowest BCUT2D eigenvalue weighted by atomic mass is 10.2. The van der Waals surface area contributed by atoms with E-state index in [4.69, 9.17) is 5.11 Å². The van der Waals surface area contributed by atoms with Gasteiger partial charge in [-0.1, -0.05) is 17.3 Å². The molecule has 2 heterocycles. The van der Waals surface area contributed by atoms with Crippen LogP contribution in [0.4, 0.5) is 0 Å². The van der Waals surface area contributed by atoms with Gasteiger partial charge < -0.3 is 10.0 Å². The van der Waals surface area contributed by atoms with E-state index in [-0.39, 0.29) is 16.5 Å². The van der Waals surface area contributed by atoms with E-state index in [1.54, 1.807) is 4.90 Å². The highest BCUT2D eigenvalue weighted by molar-refractivity contribution is 7.08. The maximum absolute atomic E-state index is 12.1. The van der Waals surface area contributed by atoms with Crippen LogP contribution in [0.1, 0.15) is 45.8 Å². The number of carbonyl (C=O) groups excluding carboxylic acids is 1. The molecule has 0 spiro atoms. The number of hydrogen-bond donors (Lipinski definition) is 1. The summed E-state index contributed by atoms with van der Waals surface area (Å²) in [6.07, 6.45) is 4.19. The molecule has 1 aromatic rings. The van der Waals surface area contributed by atoms with Gasteiger partial charge in [0.15, 0.2) is 5.69 Å². The zero-order chi connectivity index (χ0) is 12.3. The van der Waals surface area contributed by atoms with Crippen LogP contribution in [0, 0.1) is 0 Å². The molecule has 0 saturated carbocycles. The lowest BCUT2D eigenvalue weighted by molar-refractivity contribution is 0.0672. The average Bonchev–Trinajstić information content (AvgIpc) is 2.64. The van der Waals surface area contributed by atoms with Gasteiger partial charge >= 0.3 is 5.97 Å². The van der Waals surface area contributed by atoms with Crippen LogP contribution in [0.15, 0.2) is 0 Å². The zero-order valence-corrected chi connectivity index (χ0v) is 10.1. The van der Waals surface area contributed by atoms with Crippen LogP contribution < -0.4 is 0 Å². The van der Waals surface area contributed by atoms with Gasteiger partial charge in [-0.3, -0.25) is 4.79 Å². The lowest BCUT2D eigenvalue weighted by Crippen LogP contribution is -2.32. The predicted molar refractivity (Wildman–Crippen MR) is 61.2 cm³/mol. The topological polar surface area (TPSA) is 83.4 Å². The summed E-state index contributed by atoms with van der Waals surface area (Å²) in [5, 5.41) is 12.4. The molecule has 0 unspecified atom stereocenters. The van der Waals surface area contributed by atoms with Crippen molar-refractivity contribution in [1.82, 2.24) is 14.5 Å². The molecule has 0 radical (unpaired) electrons. The summed E-state index contributed by atoms with van der Waals surface area (Å²) in [5.74, 6) is -1.45. The van der Waals surface area contributed by atoms with Gasteiger partial charge in [0.1, 0.15) is 4.88 Å². The second kappa shape index (κ2) is 5.22. The summed E-state index contributed by atoms with van der Waals surface area (Å²) >= 11 is 0.853. The minimum atomic E-state index is -1.20. The highest BCUT2D eigenvalue weighted by atomic mass is 32.1. The molecule has 1 saturated heterocycles. The van der Waals surface area contributed by atoms with Crippen LogP contribution in [0.2, 0.25) is 0 Å². The third-order valence-corrected chi connectivity index (χ3v) is 3.49. The Kier molecular flexibility index (Phi) is 3.68. The van der Waals surface area contributed by atoms with Gasteiger partial charge in [0.05, 0.1) is 0 Å². The Labute approximate surface area is 102 Å². The van der Waals surface area contributed by atoms with Crippen molar-refractivity contribution < 1.29 is 14.7 Å². The average molecular weight is 255 g/mol. The number of aromatic nitrogens is 2. The SMILES string of the molecule is O=C(O)c1nnsc1C(=O)N1CCCCCC1. The highest BCUT2D eigenvalue weighted by Gasteiger charge is 2.26. The Morgan fingerprint density at radius 2 is 1.82 bits per heavy atom. The fourth-order valence-corrected chi connectivity index (χ4v) is 2.51. The van der Waals surface area contributed by atoms with E-state index in [0.717, 1.165) is 37.2 Å². The summed E-state index contributed by atoms with van der Waals surface area (Å²) < 4.78 is 3.55. The van der Waals surface area contributed by atoms with E-state index in [2.05, 4.69) is 9.59 Å². The van der Waals surface area contributed by atoms with Gasteiger partial charge in [0, 0.05) is 13.1 Å². The molecule has 1 aromatic heterocycles. The molecule has 2 rings (SSSR count). The third kappa shape index (κ3) is 2.60. The maximum atomic E-state index is 12.1. The number of likely N-dealkylation sites (tertiary alicyclic amines) is 1. The van der Waals surface area contributed by atoms with Crippen LogP contribution in [-0.4, -0.2) is 44.6 Å². The second-order valence-corrected chi connectivity index (χ2v) is 4.72. The summed E-state index contributed by atoms with van der Waals surface area (Å²) in [7, 11) is 0. The van der Waals surface area contributed by atoms with Crippen molar-refractivity contribution in [2.24, 2.45) is 0 Å². The van der Waals surface area contributed by atoms with Gasteiger partial charge in [-0.15, -0.1) is 5.10 Å². The minimum absolute atomic E-state index is 0.138. The fraction of sp³-hybridized carbons (Fsp3) is 0.600. The first-order valence-electron chi connectivity index (χ1n) is 5.55. The van der Waals surface area contributed by atoms with Gasteiger partial charge in [0.25, 0.3) is 5.91 Å². The van der Waals surface area contributed by atoms with Crippen molar-refractivity contribution in [1.29, 1.82) is 0 Å². The number of carboxylic acids is 1. The number of nitrogens with zero attached hydrogens (tertiary/aromatic N) is 3. The normalized spacial score (nSPS) is 16.6. The first-order chi connectivity index (χ1) is 8.20. The molecule has 92 valence electrons. The third-order valence-electron chi connectivity index (χ3n) is 2.78. The molecule has 17 heavy (non-hydrogen) atoms. The number of carboxylic acid groups (broad SMARTS) is 1. The number of aromatic carboxylic acids is 1. The Morgan fingerprint density at radius 3 is 2.41 bits per heavy atom. The van der Waals surface area contributed by atoms with E-state index in [0.29, 0.717) is 13.1 Å². The van der Waals surface area contributed by atoms with E-state index in [1.165, 1.54) is 0 Å². The van der Waals surface area contributed by atoms with Crippen LogP contribution in [-0.2, 0) is 0 Å². The predicted octanol–water partition coefficient (Wildman–Crippen LogP) is 1.25. The van der Waals surface area contributed by atoms with Crippen LogP contribution in [0.25, 0.3) is 0 Å². The molecule has 7 heteroatoms. The summed E-state index contributed by atoms with van der Waals surface area (Å²) in [6, 6.07) is 0. The number of amides is 1. The Morgan fingerprint density at radius 1 is 1.18 bits per heavy atom. The van der Waals surface area contributed by atoms with Crippen molar-refractivity contribution in [3.8, 4) is 0 Å². The second-order valence-electron chi connectivity index (χ2n) is 3.96. The van der Waals surface area contributed by atoms with E-state index in [1.807, 2.05) is 0 Å². The molecular weight excluding hydrogens is 242 g/mol. The molecular formula is C10H13N3O3S. The van der Waals surface area contributed by atoms with Crippen molar-refractivity contribution in [3.05, 3.63) is 10.6 Å². The van der Waals surface area contributed by atoms with Gasteiger partial charge in [-0.25, -0.2) is 4.79 Å². The number of hydrogen-bond acceptors (Lipinski definition) is 5. The van der Waals surface area contributed by atoms with Crippen LogP contribution >= 0.6 is 11.5 Å². The first-order valence-corrected chi connectivity index (χ1v) is 6.32. The molecule has 1 aliphatic rings. The quantitative estimate of drug-likeness (QED) is 0.860. The molecule has 0 atom stereocenters. The highest BCUT2D eigenvalue weighted by Crippen LogP contribution is 2.17. The molecule has 1 amide bonds. The maximum Gasteiger partial charge on any atom is 0.358 e. The monoisotopic (exact) mass is 255 g/mol. The largest absolute Gasteiger partial charge is 0.476 e. The minimum Gasteiger partial charge on any atom is -0.476 e. The van der Waals surface area contributed by atoms with E-state index < -0.39 is 5.97 Å². The summed E-state index contributed by atoms with van der Waals surface area (Å²) in [6.45, 7) is 1.38. The van der Waals surface area contributed by atoms with Gasteiger partial charge in [-0.05, 0) is 24.4 Å². The number of carbonyl (C=O) groups is 2. The van der Waals surface area contributed by atoms with Crippen LogP contribution in [0.3, 0.4) is 0 Å². The Hall–Kier alpha value is -1.50. The smallest absolute Gasteiger partial charge is 0.358 e. The van der Waals surface area contributed by atoms with E-state index in [9.17, 15) is 9.59 Å². The van der Waals surface area contributed by atoms with Crippen molar-refractivity contribution >= 4 is 23.4 Å². The summed E-state index contributed by atoms with van der Waals surface area (Å²) in [4.78, 5) is 24.8. The molecule has 0 aromatic carbocycles. The van der Waals surface area contributed by atoms with Crippen LogP contribution in [0.5, 0.6) is 0 Å². The lowest BCUT2D eigenvalue weighted by Gasteiger charge is -2.18. The zero-order valence-electron chi connectivity index (χ0n) is 9.26. The summed E-state index contributed by atoms with van der Waals surface area (Å²) in [5.41, 5.74) is -0.232. The first kappa shape index (κ1) is 12.0. The van der Waals surface area contributed by atoms with Crippen molar-refractivity contribution in [2.45, 2.75) is 25.7 Å².